The number of hydrogen-bond acceptors (Lipinski definition) is 4. The summed E-state index contributed by atoms with van der Waals surface area (Å²) in [6, 6.07) is 0. The molecule has 0 atom stereocenters. The maximum Gasteiger partial charge on any atom is 0.342 e. The standard InChI is InChI=1S/C10H16N2O3/c1-3-15-10(14)8-7(2)6-12(4-5-13)9(8)11/h6,13H,3-5,11H2,1-2H3. The molecule has 1 aromatic rings. The first-order valence-electron chi connectivity index (χ1n) is 4.85. The van der Waals surface area contributed by atoms with E-state index in [-0.39, 0.29) is 6.61 Å². The van der Waals surface area contributed by atoms with Crippen molar-refractivity contribution in [2.24, 2.45) is 0 Å². The number of nitrogen functional groups attached to an aromatic ring is 1. The van der Waals surface area contributed by atoms with Gasteiger partial charge in [0.05, 0.1) is 13.2 Å². The van der Waals surface area contributed by atoms with Gasteiger partial charge in [0.2, 0.25) is 0 Å². The largest absolute Gasteiger partial charge is 0.462 e. The summed E-state index contributed by atoms with van der Waals surface area (Å²) in [4.78, 5) is 11.5. The second-order valence-electron chi connectivity index (χ2n) is 3.21. The van der Waals surface area contributed by atoms with Gasteiger partial charge >= 0.3 is 5.97 Å². The van der Waals surface area contributed by atoms with Crippen molar-refractivity contribution < 1.29 is 14.6 Å². The van der Waals surface area contributed by atoms with Gasteiger partial charge in [-0.05, 0) is 19.4 Å². The van der Waals surface area contributed by atoms with Gasteiger partial charge in [-0.1, -0.05) is 0 Å². The van der Waals surface area contributed by atoms with E-state index in [9.17, 15) is 4.79 Å². The van der Waals surface area contributed by atoms with Crippen molar-refractivity contribution in [2.75, 3.05) is 18.9 Å². The van der Waals surface area contributed by atoms with Crippen molar-refractivity contribution in [3.8, 4) is 0 Å². The van der Waals surface area contributed by atoms with Crippen molar-refractivity contribution in [1.29, 1.82) is 0 Å². The maximum atomic E-state index is 11.5. The lowest BCUT2D eigenvalue weighted by Crippen LogP contribution is -2.10. The quantitative estimate of drug-likeness (QED) is 0.714. The molecular weight excluding hydrogens is 196 g/mol. The van der Waals surface area contributed by atoms with Crippen LogP contribution >= 0.6 is 0 Å². The van der Waals surface area contributed by atoms with Crippen LogP contribution in [0.3, 0.4) is 0 Å². The Hall–Kier alpha value is -1.49. The van der Waals surface area contributed by atoms with Crippen LogP contribution in [0.25, 0.3) is 0 Å². The molecule has 0 bridgehead atoms. The molecule has 1 heterocycles. The number of anilines is 1. The number of ether oxygens (including phenoxy) is 1. The van der Waals surface area contributed by atoms with E-state index in [1.54, 1.807) is 24.6 Å². The molecule has 0 aliphatic rings. The van der Waals surface area contributed by atoms with Crippen molar-refractivity contribution in [1.82, 2.24) is 4.57 Å². The summed E-state index contributed by atoms with van der Waals surface area (Å²) in [5.74, 6) is -0.0656. The molecule has 0 aromatic carbocycles. The van der Waals surface area contributed by atoms with E-state index in [0.717, 1.165) is 5.56 Å². The van der Waals surface area contributed by atoms with E-state index in [1.807, 2.05) is 0 Å². The van der Waals surface area contributed by atoms with E-state index in [4.69, 9.17) is 15.6 Å². The van der Waals surface area contributed by atoms with Gasteiger partial charge in [0.1, 0.15) is 11.4 Å². The zero-order valence-electron chi connectivity index (χ0n) is 8.99. The Kier molecular flexibility index (Phi) is 3.74. The highest BCUT2D eigenvalue weighted by atomic mass is 16.5. The Labute approximate surface area is 88.4 Å². The number of nitrogens with two attached hydrogens (primary N) is 1. The highest BCUT2D eigenvalue weighted by molar-refractivity contribution is 5.96. The molecule has 5 nitrogen and oxygen atoms in total. The van der Waals surface area contributed by atoms with Gasteiger partial charge in [-0.2, -0.15) is 0 Å². The first-order chi connectivity index (χ1) is 7.11. The van der Waals surface area contributed by atoms with Crippen LogP contribution in [0.1, 0.15) is 22.8 Å². The van der Waals surface area contributed by atoms with Crippen LogP contribution in [0.5, 0.6) is 0 Å². The second kappa shape index (κ2) is 4.84. The number of carbonyl (C=O) groups is 1. The molecule has 15 heavy (non-hydrogen) atoms. The zero-order valence-corrected chi connectivity index (χ0v) is 8.99. The number of carbonyl (C=O) groups excluding carboxylic acids is 1. The number of esters is 1. The molecule has 0 radical (unpaired) electrons. The Bertz CT molecular complexity index is 358. The minimum atomic E-state index is -0.413. The normalized spacial score (nSPS) is 10.3. The number of aliphatic hydroxyl groups is 1. The summed E-state index contributed by atoms with van der Waals surface area (Å²) in [7, 11) is 0. The molecule has 1 aromatic heterocycles. The minimum Gasteiger partial charge on any atom is -0.462 e. The first kappa shape index (κ1) is 11.6. The Balaban J connectivity index is 3.02. The molecule has 0 spiro atoms. The van der Waals surface area contributed by atoms with E-state index < -0.39 is 5.97 Å². The highest BCUT2D eigenvalue weighted by Gasteiger charge is 2.18. The monoisotopic (exact) mass is 212 g/mol. The number of aromatic nitrogens is 1. The molecule has 84 valence electrons. The Morgan fingerprint density at radius 2 is 2.33 bits per heavy atom. The lowest BCUT2D eigenvalue weighted by molar-refractivity contribution is 0.0527. The smallest absolute Gasteiger partial charge is 0.342 e. The average molecular weight is 212 g/mol. The van der Waals surface area contributed by atoms with Gasteiger partial charge in [0, 0.05) is 12.7 Å². The fourth-order valence-corrected chi connectivity index (χ4v) is 1.48. The van der Waals surface area contributed by atoms with Crippen molar-refractivity contribution in [3.05, 3.63) is 17.3 Å². The van der Waals surface area contributed by atoms with Gasteiger partial charge in [-0.3, -0.25) is 0 Å². The van der Waals surface area contributed by atoms with Gasteiger partial charge < -0.3 is 20.1 Å². The third-order valence-corrected chi connectivity index (χ3v) is 2.13. The lowest BCUT2D eigenvalue weighted by atomic mass is 10.2. The molecule has 0 saturated heterocycles. The maximum absolute atomic E-state index is 11.5. The van der Waals surface area contributed by atoms with Crippen LogP contribution in [0.4, 0.5) is 5.82 Å². The zero-order chi connectivity index (χ0) is 11.4. The van der Waals surface area contributed by atoms with Crippen LogP contribution in [0.15, 0.2) is 6.20 Å². The molecule has 0 unspecified atom stereocenters. The number of nitrogens with zero attached hydrogens (tertiary/aromatic N) is 1. The topological polar surface area (TPSA) is 77.5 Å². The number of hydrogen-bond donors (Lipinski definition) is 2. The third-order valence-electron chi connectivity index (χ3n) is 2.13. The predicted octanol–water partition coefficient (Wildman–Crippen LogP) is 0.548. The predicted molar refractivity (Wildman–Crippen MR) is 56.6 cm³/mol. The minimum absolute atomic E-state index is 0.0133. The van der Waals surface area contributed by atoms with Crippen LogP contribution in [0.2, 0.25) is 0 Å². The summed E-state index contributed by atoms with van der Waals surface area (Å²) in [5, 5.41) is 8.79. The fourth-order valence-electron chi connectivity index (χ4n) is 1.48. The summed E-state index contributed by atoms with van der Waals surface area (Å²) >= 11 is 0. The molecular formula is C10H16N2O3. The van der Waals surface area contributed by atoms with Crippen molar-refractivity contribution >= 4 is 11.8 Å². The molecule has 3 N–H and O–H groups in total. The van der Waals surface area contributed by atoms with Crippen molar-refractivity contribution in [2.45, 2.75) is 20.4 Å². The van der Waals surface area contributed by atoms with E-state index in [2.05, 4.69) is 0 Å². The number of rotatable bonds is 4. The van der Waals surface area contributed by atoms with Gasteiger partial charge in [-0.15, -0.1) is 0 Å². The molecule has 5 heteroatoms. The van der Waals surface area contributed by atoms with Gasteiger partial charge in [-0.25, -0.2) is 4.79 Å². The average Bonchev–Trinajstić information content (AvgIpc) is 2.43. The SMILES string of the molecule is CCOC(=O)c1c(C)cn(CCO)c1N. The fraction of sp³-hybridized carbons (Fsp3) is 0.500. The summed E-state index contributed by atoms with van der Waals surface area (Å²) in [5.41, 5.74) is 6.93. The van der Waals surface area contributed by atoms with Crippen LogP contribution < -0.4 is 5.73 Å². The molecule has 0 saturated carbocycles. The number of aryl methyl sites for hydroxylation is 1. The lowest BCUT2D eigenvalue weighted by Gasteiger charge is -2.04. The molecule has 1 rings (SSSR count). The van der Waals surface area contributed by atoms with Crippen LogP contribution in [-0.4, -0.2) is 28.9 Å². The Morgan fingerprint density at radius 3 is 2.87 bits per heavy atom. The Morgan fingerprint density at radius 1 is 1.67 bits per heavy atom. The van der Waals surface area contributed by atoms with E-state index >= 15 is 0 Å². The second-order valence-corrected chi connectivity index (χ2v) is 3.21. The van der Waals surface area contributed by atoms with Crippen LogP contribution in [-0.2, 0) is 11.3 Å². The molecule has 0 aliphatic carbocycles. The van der Waals surface area contributed by atoms with Crippen molar-refractivity contribution in [3.63, 3.8) is 0 Å². The summed E-state index contributed by atoms with van der Waals surface area (Å²) in [6.45, 7) is 4.22. The van der Waals surface area contributed by atoms with Crippen LogP contribution in [0, 0.1) is 6.92 Å². The molecule has 0 amide bonds. The molecule has 0 fully saturated rings. The van der Waals surface area contributed by atoms with E-state index in [0.29, 0.717) is 24.5 Å². The van der Waals surface area contributed by atoms with E-state index in [1.165, 1.54) is 0 Å². The van der Waals surface area contributed by atoms with Gasteiger partial charge in [0.15, 0.2) is 0 Å². The molecule has 0 aliphatic heterocycles. The number of aliphatic hydroxyl groups excluding tert-OH is 1. The highest BCUT2D eigenvalue weighted by Crippen LogP contribution is 2.20. The summed E-state index contributed by atoms with van der Waals surface area (Å²) in [6.07, 6.45) is 1.73. The first-order valence-corrected chi connectivity index (χ1v) is 4.85. The third kappa shape index (κ3) is 2.30. The summed E-state index contributed by atoms with van der Waals surface area (Å²) < 4.78 is 6.53. The van der Waals surface area contributed by atoms with Gasteiger partial charge in [0.25, 0.3) is 0 Å².